The van der Waals surface area contributed by atoms with Crippen LogP contribution in [0.4, 0.5) is 15.8 Å². The molecule has 1 aliphatic rings. The van der Waals surface area contributed by atoms with Crippen molar-refractivity contribution in [2.75, 3.05) is 49.1 Å². The van der Waals surface area contributed by atoms with Crippen LogP contribution in [0, 0.1) is 5.82 Å². The van der Waals surface area contributed by atoms with Crippen LogP contribution in [-0.2, 0) is 14.8 Å². The van der Waals surface area contributed by atoms with Crippen molar-refractivity contribution < 1.29 is 27.0 Å². The Kier molecular flexibility index (Phi) is 6.81. The number of nitrogens with one attached hydrogen (secondary N) is 1. The van der Waals surface area contributed by atoms with E-state index in [4.69, 9.17) is 14.2 Å². The van der Waals surface area contributed by atoms with Crippen LogP contribution in [0.1, 0.15) is 13.8 Å². The molecule has 0 atom stereocenters. The van der Waals surface area contributed by atoms with Crippen LogP contribution in [0.5, 0.6) is 11.5 Å². The Morgan fingerprint density at radius 2 is 1.72 bits per heavy atom. The van der Waals surface area contributed by atoms with E-state index in [1.165, 1.54) is 18.2 Å². The van der Waals surface area contributed by atoms with Gasteiger partial charge >= 0.3 is 0 Å². The van der Waals surface area contributed by atoms with Gasteiger partial charge in [-0.15, -0.1) is 0 Å². The van der Waals surface area contributed by atoms with Crippen LogP contribution < -0.4 is 19.1 Å². The zero-order valence-corrected chi connectivity index (χ0v) is 17.3. The lowest BCUT2D eigenvalue weighted by molar-refractivity contribution is 0.122. The average molecular weight is 424 g/mol. The van der Waals surface area contributed by atoms with E-state index in [9.17, 15) is 12.8 Å². The van der Waals surface area contributed by atoms with E-state index < -0.39 is 20.7 Å². The van der Waals surface area contributed by atoms with Crippen molar-refractivity contribution in [2.24, 2.45) is 0 Å². The monoisotopic (exact) mass is 424 g/mol. The molecule has 7 nitrogen and oxygen atoms in total. The van der Waals surface area contributed by atoms with Crippen LogP contribution in [0.15, 0.2) is 41.3 Å². The third-order valence-corrected chi connectivity index (χ3v) is 5.78. The van der Waals surface area contributed by atoms with Crippen LogP contribution in [0.2, 0.25) is 0 Å². The number of hydrogen-bond acceptors (Lipinski definition) is 6. The van der Waals surface area contributed by atoms with Crippen LogP contribution in [0.25, 0.3) is 0 Å². The fourth-order valence-corrected chi connectivity index (χ4v) is 4.23. The standard InChI is InChI=1S/C20H25FN2O5S/c1-3-27-18-14-17(23-9-11-26-12-10-23)19(28-4-2)13-16(18)22-29(24,25)20-8-6-5-7-15(20)21/h5-8,13-14,22H,3-4,9-12H2,1-2H3. The predicted octanol–water partition coefficient (Wildman–Crippen LogP) is 3.26. The van der Waals surface area contributed by atoms with E-state index in [2.05, 4.69) is 9.62 Å². The topological polar surface area (TPSA) is 77.1 Å². The van der Waals surface area contributed by atoms with Gasteiger partial charge in [-0.3, -0.25) is 4.72 Å². The Labute approximate surface area is 170 Å². The third-order valence-electron chi connectivity index (χ3n) is 4.38. The fourth-order valence-electron chi connectivity index (χ4n) is 3.09. The Hall–Kier alpha value is -2.52. The Morgan fingerprint density at radius 1 is 1.07 bits per heavy atom. The molecule has 158 valence electrons. The first kappa shape index (κ1) is 21.2. The van der Waals surface area contributed by atoms with E-state index in [1.807, 2.05) is 6.92 Å². The maximum Gasteiger partial charge on any atom is 0.264 e. The molecule has 0 radical (unpaired) electrons. The summed E-state index contributed by atoms with van der Waals surface area (Å²) in [6.45, 7) is 6.96. The molecule has 9 heteroatoms. The summed E-state index contributed by atoms with van der Waals surface area (Å²) >= 11 is 0. The van der Waals surface area contributed by atoms with E-state index >= 15 is 0 Å². The number of ether oxygens (including phenoxy) is 3. The lowest BCUT2D eigenvalue weighted by atomic mass is 10.2. The van der Waals surface area contributed by atoms with E-state index in [-0.39, 0.29) is 5.69 Å². The first-order valence-corrected chi connectivity index (χ1v) is 11.0. The highest BCUT2D eigenvalue weighted by atomic mass is 32.2. The Morgan fingerprint density at radius 3 is 2.38 bits per heavy atom. The van der Waals surface area contributed by atoms with Crippen molar-refractivity contribution in [1.29, 1.82) is 0 Å². The Balaban J connectivity index is 2.03. The summed E-state index contributed by atoms with van der Waals surface area (Å²) in [6.07, 6.45) is 0. The first-order valence-electron chi connectivity index (χ1n) is 9.50. The lowest BCUT2D eigenvalue weighted by Gasteiger charge is -2.31. The first-order chi connectivity index (χ1) is 14.0. The van der Waals surface area contributed by atoms with E-state index in [1.54, 1.807) is 19.1 Å². The van der Waals surface area contributed by atoms with Crippen LogP contribution in [0.3, 0.4) is 0 Å². The van der Waals surface area contributed by atoms with Crippen LogP contribution >= 0.6 is 0 Å². The molecule has 1 fully saturated rings. The van der Waals surface area contributed by atoms with Gasteiger partial charge in [0.1, 0.15) is 22.2 Å². The van der Waals surface area contributed by atoms with Gasteiger partial charge in [0.15, 0.2) is 0 Å². The van der Waals surface area contributed by atoms with Gasteiger partial charge in [-0.2, -0.15) is 0 Å². The molecule has 2 aromatic carbocycles. The summed E-state index contributed by atoms with van der Waals surface area (Å²) in [7, 11) is -4.15. The smallest absolute Gasteiger partial charge is 0.264 e. The molecule has 0 aliphatic carbocycles. The van der Waals surface area contributed by atoms with Crippen molar-refractivity contribution >= 4 is 21.4 Å². The van der Waals surface area contributed by atoms with Gasteiger partial charge in [0.2, 0.25) is 0 Å². The largest absolute Gasteiger partial charge is 0.492 e. The summed E-state index contributed by atoms with van der Waals surface area (Å²) in [4.78, 5) is 1.67. The number of nitrogens with zero attached hydrogens (tertiary/aromatic N) is 1. The van der Waals surface area contributed by atoms with Crippen molar-refractivity contribution in [3.63, 3.8) is 0 Å². The highest BCUT2D eigenvalue weighted by molar-refractivity contribution is 7.92. The van der Waals surface area contributed by atoms with Gasteiger partial charge in [0.25, 0.3) is 10.0 Å². The van der Waals surface area contributed by atoms with Gasteiger partial charge in [-0.05, 0) is 26.0 Å². The Bertz CT molecular complexity index is 946. The zero-order chi connectivity index (χ0) is 20.9. The summed E-state index contributed by atoms with van der Waals surface area (Å²) in [5.41, 5.74) is 0.989. The van der Waals surface area contributed by atoms with E-state index in [0.717, 1.165) is 11.8 Å². The van der Waals surface area contributed by atoms with Gasteiger partial charge < -0.3 is 19.1 Å². The molecule has 29 heavy (non-hydrogen) atoms. The van der Waals surface area contributed by atoms with Gasteiger partial charge in [0, 0.05) is 25.2 Å². The molecule has 0 amide bonds. The highest BCUT2D eigenvalue weighted by Crippen LogP contribution is 2.40. The van der Waals surface area contributed by atoms with Crippen molar-refractivity contribution in [2.45, 2.75) is 18.7 Å². The molecule has 1 saturated heterocycles. The van der Waals surface area contributed by atoms with Crippen LogP contribution in [-0.4, -0.2) is 47.9 Å². The molecule has 0 unspecified atom stereocenters. The quantitative estimate of drug-likeness (QED) is 0.701. The number of benzene rings is 2. The number of halogens is 1. The molecule has 1 heterocycles. The highest BCUT2D eigenvalue weighted by Gasteiger charge is 2.24. The second-order valence-electron chi connectivity index (χ2n) is 6.32. The second kappa shape index (κ2) is 9.32. The molecule has 1 aliphatic heterocycles. The molecule has 3 rings (SSSR count). The molecule has 0 saturated carbocycles. The van der Waals surface area contributed by atoms with Crippen molar-refractivity contribution in [3.05, 3.63) is 42.2 Å². The maximum atomic E-state index is 14.0. The van der Waals surface area contributed by atoms with Crippen molar-refractivity contribution in [1.82, 2.24) is 0 Å². The molecule has 0 bridgehead atoms. The third kappa shape index (κ3) is 4.91. The second-order valence-corrected chi connectivity index (χ2v) is 7.97. The molecule has 0 spiro atoms. The average Bonchev–Trinajstić information content (AvgIpc) is 2.71. The lowest BCUT2D eigenvalue weighted by Crippen LogP contribution is -2.36. The van der Waals surface area contributed by atoms with Gasteiger partial charge in [-0.25, -0.2) is 12.8 Å². The number of rotatable bonds is 8. The minimum atomic E-state index is -4.15. The molecular formula is C20H25FN2O5S. The number of hydrogen-bond donors (Lipinski definition) is 1. The molecular weight excluding hydrogens is 399 g/mol. The molecule has 1 N–H and O–H groups in total. The van der Waals surface area contributed by atoms with Gasteiger partial charge in [0.05, 0.1) is 37.8 Å². The number of morpholine rings is 1. The SMILES string of the molecule is CCOc1cc(N2CCOCC2)c(OCC)cc1NS(=O)(=O)c1ccccc1F. The fraction of sp³-hybridized carbons (Fsp3) is 0.400. The minimum Gasteiger partial charge on any atom is -0.492 e. The maximum absolute atomic E-state index is 14.0. The van der Waals surface area contributed by atoms with Gasteiger partial charge in [-0.1, -0.05) is 12.1 Å². The zero-order valence-electron chi connectivity index (χ0n) is 16.5. The van der Waals surface area contributed by atoms with E-state index in [0.29, 0.717) is 51.0 Å². The summed E-state index contributed by atoms with van der Waals surface area (Å²) in [6, 6.07) is 8.55. The predicted molar refractivity (Wildman–Crippen MR) is 109 cm³/mol. The minimum absolute atomic E-state index is 0.190. The summed E-state index contributed by atoms with van der Waals surface area (Å²) in [5.74, 6) is 0.0365. The number of sulfonamides is 1. The normalized spacial score (nSPS) is 14.5. The number of anilines is 2. The molecule has 0 aromatic heterocycles. The summed E-state index contributed by atoms with van der Waals surface area (Å²) in [5, 5.41) is 0. The van der Waals surface area contributed by atoms with Crippen molar-refractivity contribution in [3.8, 4) is 11.5 Å². The molecule has 2 aromatic rings. The summed E-state index contributed by atoms with van der Waals surface area (Å²) < 4.78 is 58.9.